The molecule has 0 aliphatic heterocycles. The maximum Gasteiger partial charge on any atom is 0.152 e. The largest absolute Gasteiger partial charge is 0.505 e. The number of pyridine rings is 1. The number of aliphatic hydroxyl groups excluding tert-OH is 1. The molecule has 0 saturated carbocycles. The van der Waals surface area contributed by atoms with E-state index >= 15 is 0 Å². The molecular formula is C12H12N2O2. The maximum atomic E-state index is 9.29. The fourth-order valence-electron chi connectivity index (χ4n) is 1.06. The summed E-state index contributed by atoms with van der Waals surface area (Å²) in [5.74, 6) is 0.352. The molecule has 0 aliphatic rings. The van der Waals surface area contributed by atoms with Gasteiger partial charge in [0.05, 0.1) is 0 Å². The highest BCUT2D eigenvalue weighted by molar-refractivity contribution is 5.30. The number of nitriles is 1. The predicted octanol–water partition coefficient (Wildman–Crippen LogP) is 2.45. The zero-order chi connectivity index (χ0) is 12.0. The van der Waals surface area contributed by atoms with E-state index in [1.165, 1.54) is 6.08 Å². The van der Waals surface area contributed by atoms with E-state index in [9.17, 15) is 5.11 Å². The van der Waals surface area contributed by atoms with Crippen LogP contribution >= 0.6 is 0 Å². The van der Waals surface area contributed by atoms with Crippen molar-refractivity contribution in [1.29, 1.82) is 5.26 Å². The molecule has 0 unspecified atom stereocenters. The summed E-state index contributed by atoms with van der Waals surface area (Å²) in [7, 11) is 0. The monoisotopic (exact) mass is 216 g/mol. The fourth-order valence-corrected chi connectivity index (χ4v) is 1.06. The van der Waals surface area contributed by atoms with E-state index in [-0.39, 0.29) is 12.4 Å². The smallest absolute Gasteiger partial charge is 0.152 e. The number of hydrogen-bond donors (Lipinski definition) is 1. The summed E-state index contributed by atoms with van der Waals surface area (Å²) in [6, 6.07) is 5.45. The third-order valence-electron chi connectivity index (χ3n) is 2.00. The fraction of sp³-hybridized carbons (Fsp3) is 0.167. The highest BCUT2D eigenvalue weighted by atomic mass is 16.5. The molecule has 1 N–H and O–H groups in total. The van der Waals surface area contributed by atoms with Crippen LogP contribution in [0.1, 0.15) is 18.2 Å². The summed E-state index contributed by atoms with van der Waals surface area (Å²) < 4.78 is 5.29. The number of ether oxygens (including phenoxy) is 1. The summed E-state index contributed by atoms with van der Waals surface area (Å²) in [6.07, 6.45) is 2.84. The normalized spacial score (nSPS) is 11.2. The number of aromatic nitrogens is 1. The topological polar surface area (TPSA) is 66.1 Å². The summed E-state index contributed by atoms with van der Waals surface area (Å²) in [5, 5.41) is 18.1. The van der Waals surface area contributed by atoms with E-state index in [0.717, 1.165) is 0 Å². The molecule has 0 bridgehead atoms. The number of allylic oxidation sites excluding steroid dienone is 2. The SMILES string of the molecule is C=C/C(O)=C(/C)OCc1cccnc1C#N. The van der Waals surface area contributed by atoms with Gasteiger partial charge in [0.25, 0.3) is 0 Å². The van der Waals surface area contributed by atoms with Gasteiger partial charge in [-0.25, -0.2) is 4.98 Å². The molecule has 82 valence electrons. The van der Waals surface area contributed by atoms with E-state index in [1.54, 1.807) is 25.3 Å². The lowest BCUT2D eigenvalue weighted by Crippen LogP contribution is -1.98. The van der Waals surface area contributed by atoms with Gasteiger partial charge in [-0.1, -0.05) is 12.6 Å². The molecule has 1 heterocycles. The molecule has 0 amide bonds. The molecule has 1 aromatic heterocycles. The Bertz CT molecular complexity index is 458. The lowest BCUT2D eigenvalue weighted by Gasteiger charge is -2.07. The van der Waals surface area contributed by atoms with Gasteiger partial charge in [-0.05, 0) is 19.1 Å². The first-order valence-electron chi connectivity index (χ1n) is 4.68. The first-order valence-corrected chi connectivity index (χ1v) is 4.68. The molecule has 4 nitrogen and oxygen atoms in total. The van der Waals surface area contributed by atoms with Crippen LogP contribution < -0.4 is 0 Å². The third kappa shape index (κ3) is 2.85. The predicted molar refractivity (Wildman–Crippen MR) is 59.3 cm³/mol. The first-order chi connectivity index (χ1) is 7.69. The van der Waals surface area contributed by atoms with Crippen LogP contribution in [0.25, 0.3) is 0 Å². The molecule has 4 heteroatoms. The Morgan fingerprint density at radius 1 is 1.75 bits per heavy atom. The van der Waals surface area contributed by atoms with Gasteiger partial charge < -0.3 is 9.84 Å². The molecular weight excluding hydrogens is 204 g/mol. The second-order valence-electron chi connectivity index (χ2n) is 3.06. The van der Waals surface area contributed by atoms with Gasteiger partial charge in [-0.3, -0.25) is 0 Å². The second kappa shape index (κ2) is 5.56. The van der Waals surface area contributed by atoms with Crippen molar-refractivity contribution in [1.82, 2.24) is 4.98 Å². The Balaban J connectivity index is 2.76. The first kappa shape index (κ1) is 11.8. The van der Waals surface area contributed by atoms with Crippen LogP contribution in [0, 0.1) is 11.3 Å². The highest BCUT2D eigenvalue weighted by Gasteiger charge is 2.04. The van der Waals surface area contributed by atoms with Crippen molar-refractivity contribution in [2.45, 2.75) is 13.5 Å². The van der Waals surface area contributed by atoms with E-state index in [2.05, 4.69) is 11.6 Å². The van der Waals surface area contributed by atoms with E-state index in [4.69, 9.17) is 10.00 Å². The molecule has 1 rings (SSSR count). The maximum absolute atomic E-state index is 9.29. The van der Waals surface area contributed by atoms with Crippen molar-refractivity contribution in [3.63, 3.8) is 0 Å². The van der Waals surface area contributed by atoms with Crippen molar-refractivity contribution in [2.24, 2.45) is 0 Å². The van der Waals surface area contributed by atoms with Crippen LogP contribution in [0.15, 0.2) is 42.5 Å². The van der Waals surface area contributed by atoms with Crippen LogP contribution in [-0.4, -0.2) is 10.1 Å². The Morgan fingerprint density at radius 3 is 3.12 bits per heavy atom. The zero-order valence-electron chi connectivity index (χ0n) is 8.97. The minimum Gasteiger partial charge on any atom is -0.505 e. The van der Waals surface area contributed by atoms with Crippen LogP contribution in [0.3, 0.4) is 0 Å². The average molecular weight is 216 g/mol. The van der Waals surface area contributed by atoms with Gasteiger partial charge in [0.2, 0.25) is 0 Å². The number of nitrogens with zero attached hydrogens (tertiary/aromatic N) is 2. The zero-order valence-corrected chi connectivity index (χ0v) is 8.97. The summed E-state index contributed by atoms with van der Waals surface area (Å²) in [6.45, 7) is 5.24. The van der Waals surface area contributed by atoms with Crippen LogP contribution in [-0.2, 0) is 11.3 Å². The van der Waals surface area contributed by atoms with Crippen LogP contribution in [0.5, 0.6) is 0 Å². The molecule has 16 heavy (non-hydrogen) atoms. The quantitative estimate of drug-likeness (QED) is 0.620. The molecule has 0 fully saturated rings. The van der Waals surface area contributed by atoms with Crippen molar-refractivity contribution in [3.8, 4) is 6.07 Å². The van der Waals surface area contributed by atoms with Gasteiger partial charge in [0, 0.05) is 11.8 Å². The Kier molecular flexibility index (Phi) is 4.10. The molecule has 0 radical (unpaired) electrons. The molecule has 0 aromatic carbocycles. The van der Waals surface area contributed by atoms with E-state index in [1.807, 2.05) is 6.07 Å². The lowest BCUT2D eigenvalue weighted by atomic mass is 10.2. The second-order valence-corrected chi connectivity index (χ2v) is 3.06. The minimum atomic E-state index is -0.0117. The van der Waals surface area contributed by atoms with Crippen molar-refractivity contribution < 1.29 is 9.84 Å². The Morgan fingerprint density at radius 2 is 2.50 bits per heavy atom. The highest BCUT2D eigenvalue weighted by Crippen LogP contribution is 2.10. The summed E-state index contributed by atoms with van der Waals surface area (Å²) >= 11 is 0. The van der Waals surface area contributed by atoms with Gasteiger partial charge >= 0.3 is 0 Å². The third-order valence-corrected chi connectivity index (χ3v) is 2.00. The van der Waals surface area contributed by atoms with Gasteiger partial charge in [-0.2, -0.15) is 5.26 Å². The standard InChI is InChI=1S/C12H12N2O2/c1-3-12(15)9(2)16-8-10-5-4-6-14-11(10)7-13/h3-6,15H,1,8H2,2H3/b12-9+. The number of aliphatic hydroxyl groups is 1. The number of hydrogen-bond acceptors (Lipinski definition) is 4. The minimum absolute atomic E-state index is 0.0117. The van der Waals surface area contributed by atoms with Gasteiger partial charge in [0.1, 0.15) is 24.1 Å². The molecule has 0 saturated heterocycles. The molecule has 0 atom stereocenters. The van der Waals surface area contributed by atoms with Crippen molar-refractivity contribution in [3.05, 3.63) is 53.8 Å². The van der Waals surface area contributed by atoms with Crippen molar-refractivity contribution >= 4 is 0 Å². The molecule has 0 spiro atoms. The van der Waals surface area contributed by atoms with E-state index < -0.39 is 0 Å². The molecule has 0 aliphatic carbocycles. The van der Waals surface area contributed by atoms with E-state index in [0.29, 0.717) is 17.0 Å². The van der Waals surface area contributed by atoms with Crippen molar-refractivity contribution in [2.75, 3.05) is 0 Å². The Hall–Kier alpha value is -2.28. The average Bonchev–Trinajstić information content (AvgIpc) is 2.35. The van der Waals surface area contributed by atoms with Crippen LogP contribution in [0.4, 0.5) is 0 Å². The van der Waals surface area contributed by atoms with Crippen LogP contribution in [0.2, 0.25) is 0 Å². The Labute approximate surface area is 94.1 Å². The summed E-state index contributed by atoms with van der Waals surface area (Å²) in [4.78, 5) is 3.90. The lowest BCUT2D eigenvalue weighted by molar-refractivity contribution is 0.183. The summed E-state index contributed by atoms with van der Waals surface area (Å²) in [5.41, 5.74) is 1.01. The van der Waals surface area contributed by atoms with Gasteiger partial charge in [0.15, 0.2) is 5.76 Å². The van der Waals surface area contributed by atoms with Gasteiger partial charge in [-0.15, -0.1) is 0 Å². The molecule has 1 aromatic rings. The number of rotatable bonds is 4.